The molecule has 3 amide bonds. The van der Waals surface area contributed by atoms with Crippen molar-refractivity contribution in [2.24, 2.45) is 5.92 Å². The second-order valence-electron chi connectivity index (χ2n) is 9.90. The molecule has 5 rings (SSSR count). The lowest BCUT2D eigenvalue weighted by Gasteiger charge is -2.38. The van der Waals surface area contributed by atoms with Gasteiger partial charge in [-0.3, -0.25) is 14.4 Å². The van der Waals surface area contributed by atoms with Crippen LogP contribution in [0.1, 0.15) is 58.4 Å². The Labute approximate surface area is 211 Å². The van der Waals surface area contributed by atoms with Crippen molar-refractivity contribution >= 4 is 17.7 Å². The number of hydrogen-bond acceptors (Lipinski definition) is 5. The summed E-state index contributed by atoms with van der Waals surface area (Å²) < 4.78 is 10.8. The molecule has 2 aromatic rings. The number of likely N-dealkylation sites (tertiary alicyclic amines) is 2. The van der Waals surface area contributed by atoms with Crippen LogP contribution < -0.4 is 14.8 Å². The monoisotopic (exact) mass is 491 g/mol. The summed E-state index contributed by atoms with van der Waals surface area (Å²) >= 11 is 0. The number of hydrogen-bond donors (Lipinski definition) is 1. The summed E-state index contributed by atoms with van der Waals surface area (Å²) in [5, 5.41) is 3.04. The van der Waals surface area contributed by atoms with Crippen molar-refractivity contribution in [1.82, 2.24) is 15.1 Å². The van der Waals surface area contributed by atoms with Crippen LogP contribution in [0.3, 0.4) is 0 Å². The third-order valence-corrected chi connectivity index (χ3v) is 7.45. The van der Waals surface area contributed by atoms with Crippen LogP contribution in [-0.4, -0.2) is 66.5 Å². The third kappa shape index (κ3) is 5.17. The van der Waals surface area contributed by atoms with E-state index in [4.69, 9.17) is 9.47 Å². The van der Waals surface area contributed by atoms with Gasteiger partial charge in [-0.1, -0.05) is 17.7 Å². The van der Waals surface area contributed by atoms with Crippen molar-refractivity contribution in [3.05, 3.63) is 59.2 Å². The summed E-state index contributed by atoms with van der Waals surface area (Å²) in [4.78, 5) is 43.6. The molecule has 8 heteroatoms. The zero-order valence-electron chi connectivity index (χ0n) is 20.7. The molecular weight excluding hydrogens is 458 g/mol. The van der Waals surface area contributed by atoms with Crippen LogP contribution in [0.25, 0.3) is 0 Å². The van der Waals surface area contributed by atoms with Gasteiger partial charge in [-0.25, -0.2) is 0 Å². The van der Waals surface area contributed by atoms with Crippen LogP contribution in [0.4, 0.5) is 0 Å². The first-order chi connectivity index (χ1) is 17.5. The largest absolute Gasteiger partial charge is 0.454 e. The topological polar surface area (TPSA) is 88.2 Å². The Hall–Kier alpha value is -3.55. The van der Waals surface area contributed by atoms with E-state index in [0.29, 0.717) is 48.6 Å². The van der Waals surface area contributed by atoms with E-state index >= 15 is 0 Å². The van der Waals surface area contributed by atoms with E-state index in [1.165, 1.54) is 0 Å². The molecule has 190 valence electrons. The second kappa shape index (κ2) is 10.6. The van der Waals surface area contributed by atoms with Crippen molar-refractivity contribution in [1.29, 1.82) is 0 Å². The fraction of sp³-hybridized carbons (Fsp3) is 0.464. The van der Waals surface area contributed by atoms with Crippen molar-refractivity contribution in [2.45, 2.75) is 45.1 Å². The Kier molecular flexibility index (Phi) is 7.11. The molecule has 2 aromatic carbocycles. The highest BCUT2D eigenvalue weighted by molar-refractivity contribution is 5.98. The molecule has 0 aromatic heterocycles. The lowest BCUT2D eigenvalue weighted by atomic mass is 9.87. The maximum Gasteiger partial charge on any atom is 0.253 e. The molecule has 0 spiro atoms. The first-order valence-electron chi connectivity index (χ1n) is 12.8. The Bertz CT molecular complexity index is 1120. The summed E-state index contributed by atoms with van der Waals surface area (Å²) in [6.07, 6.45) is 4.40. The summed E-state index contributed by atoms with van der Waals surface area (Å²) in [5.41, 5.74) is 2.22. The number of amides is 3. The molecule has 8 nitrogen and oxygen atoms in total. The number of rotatable bonds is 5. The van der Waals surface area contributed by atoms with E-state index in [2.05, 4.69) is 5.32 Å². The Morgan fingerprint density at radius 3 is 2.22 bits per heavy atom. The summed E-state index contributed by atoms with van der Waals surface area (Å²) in [6.45, 7) is 4.69. The predicted molar refractivity (Wildman–Crippen MR) is 134 cm³/mol. The minimum atomic E-state index is -0.627. The Morgan fingerprint density at radius 2 is 1.50 bits per heavy atom. The highest BCUT2D eigenvalue weighted by Crippen LogP contribution is 2.33. The molecular formula is C28H33N3O5. The summed E-state index contributed by atoms with van der Waals surface area (Å²) in [6, 6.07) is 12.0. The normalized spacial score (nSPS) is 18.6. The lowest BCUT2D eigenvalue weighted by Crippen LogP contribution is -2.55. The van der Waals surface area contributed by atoms with E-state index in [-0.39, 0.29) is 30.4 Å². The standard InChI is InChI=1S/C28H33N3O5/c1-19-5-7-21(8-6-19)27(33)31-15-11-20(12-16-31)25(28(34)30-13-3-2-4-14-30)29-26(32)22-9-10-23-24(17-22)36-18-35-23/h5-10,17,20,25H,2-4,11-16,18H2,1H3,(H,29,32). The Balaban J connectivity index is 1.29. The van der Waals surface area contributed by atoms with Crippen LogP contribution in [0.5, 0.6) is 11.5 Å². The van der Waals surface area contributed by atoms with Gasteiger partial charge in [-0.15, -0.1) is 0 Å². The number of piperidine rings is 2. The maximum atomic E-state index is 13.6. The quantitative estimate of drug-likeness (QED) is 0.693. The van der Waals surface area contributed by atoms with E-state index in [1.807, 2.05) is 41.0 Å². The van der Waals surface area contributed by atoms with Gasteiger partial charge in [0.1, 0.15) is 6.04 Å². The number of carbonyl (C=O) groups is 3. The van der Waals surface area contributed by atoms with E-state index in [0.717, 1.165) is 37.9 Å². The minimum absolute atomic E-state index is 0.0109. The molecule has 0 bridgehead atoms. The molecule has 2 saturated heterocycles. The second-order valence-corrected chi connectivity index (χ2v) is 9.90. The zero-order valence-corrected chi connectivity index (χ0v) is 20.7. The number of nitrogens with zero attached hydrogens (tertiary/aromatic N) is 2. The molecule has 0 aliphatic carbocycles. The van der Waals surface area contributed by atoms with Crippen molar-refractivity contribution in [2.75, 3.05) is 33.0 Å². The van der Waals surface area contributed by atoms with Gasteiger partial charge in [-0.05, 0) is 75.3 Å². The van der Waals surface area contributed by atoms with Gasteiger partial charge in [0.15, 0.2) is 11.5 Å². The van der Waals surface area contributed by atoms with Crippen molar-refractivity contribution in [3.8, 4) is 11.5 Å². The van der Waals surface area contributed by atoms with E-state index in [9.17, 15) is 14.4 Å². The SMILES string of the molecule is Cc1ccc(C(=O)N2CCC(C(NC(=O)c3ccc4c(c3)OCO4)C(=O)N3CCCCC3)CC2)cc1. The molecule has 1 atom stereocenters. The van der Waals surface area contributed by atoms with Crippen LogP contribution in [0.15, 0.2) is 42.5 Å². The first kappa shape index (κ1) is 24.2. The average molecular weight is 492 g/mol. The molecule has 3 aliphatic rings. The molecule has 1 unspecified atom stereocenters. The molecule has 36 heavy (non-hydrogen) atoms. The fourth-order valence-electron chi connectivity index (χ4n) is 5.27. The third-order valence-electron chi connectivity index (χ3n) is 7.45. The summed E-state index contributed by atoms with van der Waals surface area (Å²) in [7, 11) is 0. The van der Waals surface area contributed by atoms with Crippen LogP contribution in [0, 0.1) is 12.8 Å². The molecule has 3 aliphatic heterocycles. The smallest absolute Gasteiger partial charge is 0.253 e. The van der Waals surface area contributed by atoms with E-state index in [1.54, 1.807) is 18.2 Å². The van der Waals surface area contributed by atoms with Gasteiger partial charge >= 0.3 is 0 Å². The van der Waals surface area contributed by atoms with Crippen molar-refractivity contribution < 1.29 is 23.9 Å². The van der Waals surface area contributed by atoms with E-state index < -0.39 is 6.04 Å². The number of carbonyl (C=O) groups excluding carboxylic acids is 3. The fourth-order valence-corrected chi connectivity index (χ4v) is 5.27. The van der Waals surface area contributed by atoms with Gasteiger partial charge in [-0.2, -0.15) is 0 Å². The molecule has 0 radical (unpaired) electrons. The Morgan fingerprint density at radius 1 is 0.833 bits per heavy atom. The minimum Gasteiger partial charge on any atom is -0.454 e. The van der Waals surface area contributed by atoms with Gasteiger partial charge in [0.25, 0.3) is 11.8 Å². The summed E-state index contributed by atoms with van der Waals surface area (Å²) in [5.74, 6) is 0.785. The van der Waals surface area contributed by atoms with Gasteiger partial charge in [0.05, 0.1) is 0 Å². The lowest BCUT2D eigenvalue weighted by molar-refractivity contribution is -0.136. The van der Waals surface area contributed by atoms with Crippen LogP contribution >= 0.6 is 0 Å². The number of fused-ring (bicyclic) bond motifs is 1. The number of ether oxygens (including phenoxy) is 2. The molecule has 1 N–H and O–H groups in total. The zero-order chi connectivity index (χ0) is 25.1. The first-order valence-corrected chi connectivity index (χ1v) is 12.8. The highest BCUT2D eigenvalue weighted by Gasteiger charge is 2.37. The number of aryl methyl sites for hydroxylation is 1. The average Bonchev–Trinajstić information content (AvgIpc) is 3.40. The number of nitrogens with one attached hydrogen (secondary N) is 1. The number of benzene rings is 2. The molecule has 2 fully saturated rings. The highest BCUT2D eigenvalue weighted by atomic mass is 16.7. The van der Waals surface area contributed by atoms with Gasteiger partial charge < -0.3 is 24.6 Å². The molecule has 0 saturated carbocycles. The van der Waals surface area contributed by atoms with Crippen molar-refractivity contribution in [3.63, 3.8) is 0 Å². The maximum absolute atomic E-state index is 13.6. The molecule has 3 heterocycles. The van der Waals surface area contributed by atoms with Crippen LogP contribution in [0.2, 0.25) is 0 Å². The van der Waals surface area contributed by atoms with Gasteiger partial charge in [0, 0.05) is 37.3 Å². The predicted octanol–water partition coefficient (Wildman–Crippen LogP) is 3.39. The van der Waals surface area contributed by atoms with Crippen LogP contribution in [-0.2, 0) is 4.79 Å². The van der Waals surface area contributed by atoms with Gasteiger partial charge in [0.2, 0.25) is 12.7 Å².